The van der Waals surface area contributed by atoms with Crippen LogP contribution in [0.3, 0.4) is 0 Å². The standard InChI is InChI=1S/C24H30N2O5/c1-25(16-21(27)18-8-4-3-5-9-18)24(29)20-10-6-7-11-22(20)31-19-12-14-26(15-13-19)23(28)17-30-2/h3-11,19,21,27H,12-17H2,1-2H3/t21-/m1/s1. The molecule has 1 fully saturated rings. The van der Waals surface area contributed by atoms with E-state index in [9.17, 15) is 14.7 Å². The Balaban J connectivity index is 1.61. The van der Waals surface area contributed by atoms with Crippen molar-refractivity contribution in [1.82, 2.24) is 9.80 Å². The van der Waals surface area contributed by atoms with Gasteiger partial charge in [0.05, 0.1) is 18.2 Å². The van der Waals surface area contributed by atoms with Crippen molar-refractivity contribution in [2.75, 3.05) is 40.4 Å². The van der Waals surface area contributed by atoms with Crippen LogP contribution >= 0.6 is 0 Å². The molecule has 31 heavy (non-hydrogen) atoms. The number of rotatable bonds is 8. The molecule has 0 aromatic heterocycles. The zero-order chi connectivity index (χ0) is 22.2. The van der Waals surface area contributed by atoms with E-state index < -0.39 is 6.10 Å². The van der Waals surface area contributed by atoms with Crippen molar-refractivity contribution in [3.63, 3.8) is 0 Å². The highest BCUT2D eigenvalue weighted by Crippen LogP contribution is 2.25. The summed E-state index contributed by atoms with van der Waals surface area (Å²) in [4.78, 5) is 28.3. The van der Waals surface area contributed by atoms with Crippen molar-refractivity contribution in [2.45, 2.75) is 25.0 Å². The predicted molar refractivity (Wildman–Crippen MR) is 117 cm³/mol. The number of likely N-dealkylation sites (N-methyl/N-ethyl adjacent to an activating group) is 1. The first-order valence-electron chi connectivity index (χ1n) is 10.5. The maximum absolute atomic E-state index is 13.1. The summed E-state index contributed by atoms with van der Waals surface area (Å²) in [6, 6.07) is 16.4. The number of methoxy groups -OCH3 is 1. The highest BCUT2D eigenvalue weighted by atomic mass is 16.5. The summed E-state index contributed by atoms with van der Waals surface area (Å²) in [6.07, 6.45) is 0.555. The molecule has 1 saturated heterocycles. The largest absolute Gasteiger partial charge is 0.489 e. The lowest BCUT2D eigenvalue weighted by Gasteiger charge is -2.32. The van der Waals surface area contributed by atoms with E-state index in [0.717, 1.165) is 5.56 Å². The fourth-order valence-corrected chi connectivity index (χ4v) is 3.69. The third-order valence-corrected chi connectivity index (χ3v) is 5.45. The fourth-order valence-electron chi connectivity index (χ4n) is 3.69. The summed E-state index contributed by atoms with van der Waals surface area (Å²) in [5, 5.41) is 10.5. The van der Waals surface area contributed by atoms with Gasteiger partial charge in [0.2, 0.25) is 5.91 Å². The third kappa shape index (κ3) is 6.06. The van der Waals surface area contributed by atoms with Gasteiger partial charge < -0.3 is 24.4 Å². The Kier molecular flexibility index (Phi) is 8.03. The predicted octanol–water partition coefficient (Wildman–Crippen LogP) is 2.51. The molecule has 7 nitrogen and oxygen atoms in total. The molecule has 2 aromatic carbocycles. The molecule has 0 aliphatic carbocycles. The Morgan fingerprint density at radius 2 is 1.74 bits per heavy atom. The van der Waals surface area contributed by atoms with Crippen LogP contribution in [0.15, 0.2) is 54.6 Å². The van der Waals surface area contributed by atoms with Crippen LogP contribution in [-0.2, 0) is 9.53 Å². The van der Waals surface area contributed by atoms with Gasteiger partial charge in [0.1, 0.15) is 18.5 Å². The Labute approximate surface area is 183 Å². The Bertz CT molecular complexity index is 865. The molecule has 2 aromatic rings. The van der Waals surface area contributed by atoms with Gasteiger partial charge >= 0.3 is 0 Å². The number of likely N-dealkylation sites (tertiary alicyclic amines) is 1. The van der Waals surface area contributed by atoms with E-state index in [1.54, 1.807) is 30.1 Å². The molecular formula is C24H30N2O5. The molecule has 1 aliphatic heterocycles. The lowest BCUT2D eigenvalue weighted by Crippen LogP contribution is -2.43. The van der Waals surface area contributed by atoms with Gasteiger partial charge in [0.15, 0.2) is 0 Å². The number of hydrogen-bond acceptors (Lipinski definition) is 5. The van der Waals surface area contributed by atoms with Crippen LogP contribution in [0.25, 0.3) is 0 Å². The Morgan fingerprint density at radius 1 is 1.10 bits per heavy atom. The van der Waals surface area contributed by atoms with Gasteiger partial charge in [0, 0.05) is 40.1 Å². The summed E-state index contributed by atoms with van der Waals surface area (Å²) >= 11 is 0. The first kappa shape index (κ1) is 22.8. The van der Waals surface area contributed by atoms with Crippen LogP contribution in [0, 0.1) is 0 Å². The lowest BCUT2D eigenvalue weighted by atomic mass is 10.1. The molecule has 7 heteroatoms. The van der Waals surface area contributed by atoms with E-state index in [2.05, 4.69) is 0 Å². The van der Waals surface area contributed by atoms with Crippen molar-refractivity contribution in [1.29, 1.82) is 0 Å². The lowest BCUT2D eigenvalue weighted by molar-refractivity contribution is -0.136. The SMILES string of the molecule is COCC(=O)N1CCC(Oc2ccccc2C(=O)N(C)C[C@@H](O)c2ccccc2)CC1. The van der Waals surface area contributed by atoms with Gasteiger partial charge in [-0.15, -0.1) is 0 Å². The normalized spacial score (nSPS) is 15.4. The van der Waals surface area contributed by atoms with Crippen LogP contribution in [0.2, 0.25) is 0 Å². The number of carbonyl (C=O) groups excluding carboxylic acids is 2. The summed E-state index contributed by atoms with van der Waals surface area (Å²) < 4.78 is 11.1. The molecule has 2 amide bonds. The fraction of sp³-hybridized carbons (Fsp3) is 0.417. The molecule has 1 aliphatic rings. The maximum Gasteiger partial charge on any atom is 0.257 e. The molecule has 3 rings (SSSR count). The van der Waals surface area contributed by atoms with E-state index >= 15 is 0 Å². The zero-order valence-corrected chi connectivity index (χ0v) is 18.1. The number of ether oxygens (including phenoxy) is 2. The first-order valence-corrected chi connectivity index (χ1v) is 10.5. The van der Waals surface area contributed by atoms with Gasteiger partial charge in [-0.05, 0) is 17.7 Å². The molecule has 1 atom stereocenters. The first-order chi connectivity index (χ1) is 15.0. The third-order valence-electron chi connectivity index (χ3n) is 5.45. The van der Waals surface area contributed by atoms with Gasteiger partial charge in [-0.1, -0.05) is 42.5 Å². The molecule has 0 spiro atoms. The molecule has 0 saturated carbocycles. The average Bonchev–Trinajstić information content (AvgIpc) is 2.80. The molecule has 166 valence electrons. The summed E-state index contributed by atoms with van der Waals surface area (Å²) in [5.41, 5.74) is 1.23. The number of aliphatic hydroxyl groups excluding tert-OH is 1. The number of hydrogen-bond donors (Lipinski definition) is 1. The van der Waals surface area contributed by atoms with E-state index in [1.165, 1.54) is 12.0 Å². The monoisotopic (exact) mass is 426 g/mol. The summed E-state index contributed by atoms with van der Waals surface area (Å²) in [6.45, 7) is 1.47. The number of aliphatic hydroxyl groups is 1. The maximum atomic E-state index is 13.1. The van der Waals surface area contributed by atoms with E-state index in [0.29, 0.717) is 37.2 Å². The minimum Gasteiger partial charge on any atom is -0.489 e. The van der Waals surface area contributed by atoms with Crippen molar-refractivity contribution in [2.24, 2.45) is 0 Å². The van der Waals surface area contributed by atoms with Crippen LogP contribution < -0.4 is 4.74 Å². The van der Waals surface area contributed by atoms with Gasteiger partial charge in [-0.3, -0.25) is 9.59 Å². The number of carbonyl (C=O) groups is 2. The van der Waals surface area contributed by atoms with Crippen LogP contribution in [0.4, 0.5) is 0 Å². The number of piperidine rings is 1. The molecule has 0 unspecified atom stereocenters. The minimum atomic E-state index is -0.766. The van der Waals surface area contributed by atoms with Crippen LogP contribution in [-0.4, -0.2) is 73.2 Å². The van der Waals surface area contributed by atoms with Crippen LogP contribution in [0.1, 0.15) is 34.9 Å². The molecular weight excluding hydrogens is 396 g/mol. The van der Waals surface area contributed by atoms with E-state index in [1.807, 2.05) is 36.4 Å². The Morgan fingerprint density at radius 3 is 2.42 bits per heavy atom. The number of benzene rings is 2. The second kappa shape index (κ2) is 10.9. The van der Waals surface area contributed by atoms with Gasteiger partial charge in [-0.25, -0.2) is 0 Å². The summed E-state index contributed by atoms with van der Waals surface area (Å²) in [7, 11) is 3.18. The highest BCUT2D eigenvalue weighted by molar-refractivity contribution is 5.96. The van der Waals surface area contributed by atoms with Crippen LogP contribution in [0.5, 0.6) is 5.75 Å². The van der Waals surface area contributed by atoms with Crippen molar-refractivity contribution in [3.8, 4) is 5.75 Å². The zero-order valence-electron chi connectivity index (χ0n) is 18.1. The van der Waals surface area contributed by atoms with Crippen molar-refractivity contribution < 1.29 is 24.2 Å². The molecule has 1 N–H and O–H groups in total. The van der Waals surface area contributed by atoms with Crippen molar-refractivity contribution in [3.05, 3.63) is 65.7 Å². The van der Waals surface area contributed by atoms with Gasteiger partial charge in [-0.2, -0.15) is 0 Å². The highest BCUT2D eigenvalue weighted by Gasteiger charge is 2.26. The molecule has 0 bridgehead atoms. The quantitative estimate of drug-likeness (QED) is 0.702. The number of nitrogens with zero attached hydrogens (tertiary/aromatic N) is 2. The molecule has 0 radical (unpaired) electrons. The number of amides is 2. The van der Waals surface area contributed by atoms with Crippen molar-refractivity contribution >= 4 is 11.8 Å². The van der Waals surface area contributed by atoms with E-state index in [-0.39, 0.29) is 31.1 Å². The smallest absolute Gasteiger partial charge is 0.257 e. The van der Waals surface area contributed by atoms with E-state index in [4.69, 9.17) is 9.47 Å². The second-order valence-electron chi connectivity index (χ2n) is 7.74. The van der Waals surface area contributed by atoms with Gasteiger partial charge in [0.25, 0.3) is 5.91 Å². The molecule has 1 heterocycles. The number of para-hydroxylation sites is 1. The average molecular weight is 427 g/mol. The summed E-state index contributed by atoms with van der Waals surface area (Å²) in [5.74, 6) is 0.295. The Hall–Kier alpha value is -2.90. The minimum absolute atomic E-state index is 0.0184. The topological polar surface area (TPSA) is 79.3 Å². The second-order valence-corrected chi connectivity index (χ2v) is 7.74.